The number of hydrogen-bond donors (Lipinski definition) is 1. The molecule has 6 heteroatoms. The van der Waals surface area contributed by atoms with Crippen LogP contribution in [0.25, 0.3) is 0 Å². The van der Waals surface area contributed by atoms with Crippen molar-refractivity contribution in [2.75, 3.05) is 13.1 Å². The number of nitrogens with one attached hydrogen (secondary N) is 1. The third-order valence-corrected chi connectivity index (χ3v) is 3.84. The number of H-pyrrole nitrogens is 1. The standard InChI is InChI=1S/C16H22N2O3S/c1-16(2,3)21-15(20)11-6-5-9-18(10-11)14(19)12-7-4-8-17-13(12)22/h4,7-8,11H,5-6,9-10H2,1-3H3,(H,17,22)/t11-/m0/s1. The molecular formula is C16H22N2O3S. The van der Waals surface area contributed by atoms with Crippen molar-refractivity contribution >= 4 is 24.1 Å². The summed E-state index contributed by atoms with van der Waals surface area (Å²) in [5, 5.41) is 0. The zero-order valence-corrected chi connectivity index (χ0v) is 14.0. The molecule has 0 spiro atoms. The number of carbonyl (C=O) groups excluding carboxylic acids is 2. The molecule has 0 bridgehead atoms. The fraction of sp³-hybridized carbons (Fsp3) is 0.562. The minimum atomic E-state index is -0.508. The van der Waals surface area contributed by atoms with Crippen molar-refractivity contribution in [1.29, 1.82) is 0 Å². The molecule has 1 aliphatic heterocycles. The molecule has 0 radical (unpaired) electrons. The van der Waals surface area contributed by atoms with Crippen LogP contribution in [0, 0.1) is 10.6 Å². The summed E-state index contributed by atoms with van der Waals surface area (Å²) in [5.41, 5.74) is -0.0340. The number of aromatic amines is 1. The Morgan fingerprint density at radius 2 is 2.14 bits per heavy atom. The van der Waals surface area contributed by atoms with E-state index in [1.165, 1.54) is 0 Å². The third kappa shape index (κ3) is 4.16. The fourth-order valence-electron chi connectivity index (χ4n) is 2.50. The predicted octanol–water partition coefficient (Wildman–Crippen LogP) is 2.94. The lowest BCUT2D eigenvalue weighted by atomic mass is 9.97. The molecule has 1 N–H and O–H groups in total. The molecule has 0 aromatic carbocycles. The van der Waals surface area contributed by atoms with Crippen LogP contribution in [-0.2, 0) is 9.53 Å². The monoisotopic (exact) mass is 322 g/mol. The van der Waals surface area contributed by atoms with Gasteiger partial charge in [0.2, 0.25) is 0 Å². The fourth-order valence-corrected chi connectivity index (χ4v) is 2.72. The van der Waals surface area contributed by atoms with E-state index in [4.69, 9.17) is 17.0 Å². The van der Waals surface area contributed by atoms with Crippen LogP contribution in [0.4, 0.5) is 0 Å². The van der Waals surface area contributed by atoms with Crippen molar-refractivity contribution in [1.82, 2.24) is 9.88 Å². The number of esters is 1. The second kappa shape index (κ2) is 6.60. The summed E-state index contributed by atoms with van der Waals surface area (Å²) >= 11 is 5.16. The molecule has 1 amide bonds. The van der Waals surface area contributed by atoms with Gasteiger partial charge < -0.3 is 14.6 Å². The normalized spacial score (nSPS) is 18.9. The van der Waals surface area contributed by atoms with Gasteiger partial charge in [-0.3, -0.25) is 9.59 Å². The Hall–Kier alpha value is -1.69. The zero-order valence-electron chi connectivity index (χ0n) is 13.2. The molecule has 1 atom stereocenters. The van der Waals surface area contributed by atoms with E-state index >= 15 is 0 Å². The van der Waals surface area contributed by atoms with Crippen LogP contribution in [0.2, 0.25) is 0 Å². The van der Waals surface area contributed by atoms with Gasteiger partial charge in [-0.1, -0.05) is 12.2 Å². The number of hydrogen-bond acceptors (Lipinski definition) is 4. The number of rotatable bonds is 2. The maximum atomic E-state index is 12.6. The highest BCUT2D eigenvalue weighted by atomic mass is 32.1. The molecule has 1 saturated heterocycles. The lowest BCUT2D eigenvalue weighted by molar-refractivity contribution is -0.161. The number of pyridine rings is 1. The van der Waals surface area contributed by atoms with E-state index in [-0.39, 0.29) is 17.8 Å². The SMILES string of the molecule is CC(C)(C)OC(=O)[C@H]1CCCN(C(=O)c2ccc[nH]c2=S)C1. The first-order valence-electron chi connectivity index (χ1n) is 7.48. The van der Waals surface area contributed by atoms with Crippen LogP contribution in [0.1, 0.15) is 44.0 Å². The number of nitrogens with zero attached hydrogens (tertiary/aromatic N) is 1. The molecule has 1 fully saturated rings. The largest absolute Gasteiger partial charge is 0.460 e. The van der Waals surface area contributed by atoms with Crippen LogP contribution in [-0.4, -0.2) is 40.5 Å². The van der Waals surface area contributed by atoms with Crippen LogP contribution in [0.3, 0.4) is 0 Å². The Labute approximate surface area is 135 Å². The molecule has 1 aromatic heterocycles. The highest BCUT2D eigenvalue weighted by molar-refractivity contribution is 7.71. The van der Waals surface area contributed by atoms with Gasteiger partial charge in [0, 0.05) is 19.3 Å². The number of carbonyl (C=O) groups is 2. The van der Waals surface area contributed by atoms with Crippen LogP contribution < -0.4 is 0 Å². The average Bonchev–Trinajstić information content (AvgIpc) is 2.45. The Bertz CT molecular complexity index is 618. The second-order valence-corrected chi connectivity index (χ2v) is 6.94. The maximum absolute atomic E-state index is 12.6. The number of likely N-dealkylation sites (tertiary alicyclic amines) is 1. The minimum absolute atomic E-state index is 0.130. The quantitative estimate of drug-likeness (QED) is 0.672. The molecule has 1 aliphatic rings. The lowest BCUT2D eigenvalue weighted by Crippen LogP contribution is -2.44. The summed E-state index contributed by atoms with van der Waals surface area (Å²) in [4.78, 5) is 29.3. The first-order valence-corrected chi connectivity index (χ1v) is 7.88. The summed E-state index contributed by atoms with van der Waals surface area (Å²) in [7, 11) is 0. The summed E-state index contributed by atoms with van der Waals surface area (Å²) in [6.45, 7) is 6.57. The Morgan fingerprint density at radius 3 is 2.77 bits per heavy atom. The minimum Gasteiger partial charge on any atom is -0.460 e. The van der Waals surface area contributed by atoms with Crippen molar-refractivity contribution in [2.24, 2.45) is 5.92 Å². The summed E-state index contributed by atoms with van der Waals surface area (Å²) in [6.07, 6.45) is 3.23. The Balaban J connectivity index is 2.08. The predicted molar refractivity (Wildman–Crippen MR) is 86.1 cm³/mol. The lowest BCUT2D eigenvalue weighted by Gasteiger charge is -2.33. The second-order valence-electron chi connectivity index (χ2n) is 6.54. The van der Waals surface area contributed by atoms with E-state index in [2.05, 4.69) is 4.98 Å². The van der Waals surface area contributed by atoms with Crippen molar-refractivity contribution in [3.8, 4) is 0 Å². The molecule has 0 saturated carbocycles. The Kier molecular flexibility index (Phi) is 5.01. The summed E-state index contributed by atoms with van der Waals surface area (Å²) in [6, 6.07) is 3.45. The van der Waals surface area contributed by atoms with Crippen molar-refractivity contribution in [2.45, 2.75) is 39.2 Å². The molecule has 5 nitrogen and oxygen atoms in total. The number of piperidine rings is 1. The van der Waals surface area contributed by atoms with Crippen molar-refractivity contribution < 1.29 is 14.3 Å². The van der Waals surface area contributed by atoms with Gasteiger partial charge in [-0.25, -0.2) is 0 Å². The highest BCUT2D eigenvalue weighted by Gasteiger charge is 2.32. The van der Waals surface area contributed by atoms with E-state index in [9.17, 15) is 9.59 Å². The maximum Gasteiger partial charge on any atom is 0.311 e. The van der Waals surface area contributed by atoms with Crippen molar-refractivity contribution in [3.63, 3.8) is 0 Å². The molecule has 120 valence electrons. The van der Waals surface area contributed by atoms with E-state index < -0.39 is 5.60 Å². The molecule has 2 heterocycles. The van der Waals surface area contributed by atoms with Gasteiger partial charge in [0.1, 0.15) is 10.2 Å². The molecular weight excluding hydrogens is 300 g/mol. The smallest absolute Gasteiger partial charge is 0.311 e. The number of amides is 1. The average molecular weight is 322 g/mol. The van der Waals surface area contributed by atoms with Crippen LogP contribution in [0.15, 0.2) is 18.3 Å². The topological polar surface area (TPSA) is 62.4 Å². The van der Waals surface area contributed by atoms with Crippen molar-refractivity contribution in [3.05, 3.63) is 28.5 Å². The van der Waals surface area contributed by atoms with Gasteiger partial charge in [-0.15, -0.1) is 0 Å². The van der Waals surface area contributed by atoms with E-state index in [1.807, 2.05) is 20.8 Å². The number of ether oxygens (including phenoxy) is 1. The first-order chi connectivity index (χ1) is 10.3. The zero-order chi connectivity index (χ0) is 16.3. The van der Waals surface area contributed by atoms with Gasteiger partial charge in [-0.2, -0.15) is 0 Å². The van der Waals surface area contributed by atoms with Gasteiger partial charge in [0.05, 0.1) is 11.5 Å². The molecule has 0 aliphatic carbocycles. The van der Waals surface area contributed by atoms with Gasteiger partial charge >= 0.3 is 5.97 Å². The Morgan fingerprint density at radius 1 is 1.41 bits per heavy atom. The van der Waals surface area contributed by atoms with Gasteiger partial charge in [-0.05, 0) is 45.7 Å². The molecule has 2 rings (SSSR count). The van der Waals surface area contributed by atoms with Crippen LogP contribution >= 0.6 is 12.2 Å². The third-order valence-electron chi connectivity index (χ3n) is 3.50. The summed E-state index contributed by atoms with van der Waals surface area (Å²) < 4.78 is 5.85. The molecule has 0 unspecified atom stereocenters. The molecule has 22 heavy (non-hydrogen) atoms. The van der Waals surface area contributed by atoms with Gasteiger partial charge in [0.15, 0.2) is 0 Å². The van der Waals surface area contributed by atoms with Crippen LogP contribution in [0.5, 0.6) is 0 Å². The summed E-state index contributed by atoms with van der Waals surface area (Å²) in [5.74, 6) is -0.628. The molecule has 1 aromatic rings. The van der Waals surface area contributed by atoms with E-state index in [0.717, 1.165) is 12.8 Å². The van der Waals surface area contributed by atoms with E-state index in [0.29, 0.717) is 23.3 Å². The number of aromatic nitrogens is 1. The first kappa shape index (κ1) is 16.7. The highest BCUT2D eigenvalue weighted by Crippen LogP contribution is 2.22. The van der Waals surface area contributed by atoms with E-state index in [1.54, 1.807) is 23.2 Å². The van der Waals surface area contributed by atoms with Gasteiger partial charge in [0.25, 0.3) is 5.91 Å².